The van der Waals surface area contributed by atoms with Crippen molar-refractivity contribution in [3.05, 3.63) is 40.9 Å². The van der Waals surface area contributed by atoms with Crippen molar-refractivity contribution >= 4 is 22.4 Å². The van der Waals surface area contributed by atoms with E-state index in [2.05, 4.69) is 39.6 Å². The minimum atomic E-state index is -0.0541. The molecule has 0 radical (unpaired) electrons. The van der Waals surface area contributed by atoms with Gasteiger partial charge in [0.1, 0.15) is 5.01 Å². The molecular formula is C15H18N4OS. The third-order valence-electron chi connectivity index (χ3n) is 3.82. The number of nitrogens with one attached hydrogen (secondary N) is 1. The van der Waals surface area contributed by atoms with Gasteiger partial charge in [0.25, 0.3) is 0 Å². The Morgan fingerprint density at radius 3 is 2.71 bits per heavy atom. The van der Waals surface area contributed by atoms with Crippen molar-refractivity contribution in [1.29, 1.82) is 0 Å². The van der Waals surface area contributed by atoms with Crippen LogP contribution >= 0.6 is 11.3 Å². The summed E-state index contributed by atoms with van der Waals surface area (Å²) >= 11 is 1.40. The fraction of sp³-hybridized carbons (Fsp3) is 0.400. The van der Waals surface area contributed by atoms with Gasteiger partial charge in [-0.1, -0.05) is 41.7 Å². The fourth-order valence-electron chi connectivity index (χ4n) is 2.85. The van der Waals surface area contributed by atoms with Crippen LogP contribution in [0.25, 0.3) is 0 Å². The summed E-state index contributed by atoms with van der Waals surface area (Å²) in [5, 5.41) is 12.2. The lowest BCUT2D eigenvalue weighted by atomic mass is 9.88. The molecule has 1 saturated heterocycles. The van der Waals surface area contributed by atoms with Crippen LogP contribution < -0.4 is 5.32 Å². The summed E-state index contributed by atoms with van der Waals surface area (Å²) in [6.07, 6.45) is 0. The number of nitrogens with zero attached hydrogens (tertiary/aromatic N) is 3. The summed E-state index contributed by atoms with van der Waals surface area (Å²) in [6, 6.07) is 10.2. The Balaban J connectivity index is 1.77. The van der Waals surface area contributed by atoms with E-state index in [1.54, 1.807) is 0 Å². The Morgan fingerprint density at radius 1 is 1.29 bits per heavy atom. The predicted octanol–water partition coefficient (Wildman–Crippen LogP) is 2.13. The van der Waals surface area contributed by atoms with Gasteiger partial charge in [0, 0.05) is 19.0 Å². The van der Waals surface area contributed by atoms with Gasteiger partial charge < -0.3 is 10.2 Å². The highest BCUT2D eigenvalue weighted by Crippen LogP contribution is 2.32. The molecule has 5 nitrogen and oxygen atoms in total. The predicted molar refractivity (Wildman–Crippen MR) is 83.4 cm³/mol. The number of likely N-dealkylation sites (tertiary alicyclic amines) is 1. The van der Waals surface area contributed by atoms with Gasteiger partial charge in [0.15, 0.2) is 0 Å². The Bertz CT molecular complexity index is 628. The zero-order valence-corrected chi connectivity index (χ0v) is 12.9. The molecule has 0 aliphatic carbocycles. The second kappa shape index (κ2) is 5.91. The first kappa shape index (κ1) is 14.2. The van der Waals surface area contributed by atoms with Gasteiger partial charge in [0.2, 0.25) is 11.0 Å². The van der Waals surface area contributed by atoms with Crippen molar-refractivity contribution in [3.63, 3.8) is 0 Å². The maximum atomic E-state index is 12.6. The van der Waals surface area contributed by atoms with Crippen molar-refractivity contribution in [1.82, 2.24) is 15.1 Å². The second-order valence-corrected chi connectivity index (χ2v) is 6.64. The average molecular weight is 302 g/mol. The van der Waals surface area contributed by atoms with Gasteiger partial charge in [-0.2, -0.15) is 0 Å². The van der Waals surface area contributed by atoms with Crippen molar-refractivity contribution in [3.8, 4) is 0 Å². The number of carbonyl (C=O) groups excluding carboxylic acids is 1. The highest BCUT2D eigenvalue weighted by molar-refractivity contribution is 7.15. The van der Waals surface area contributed by atoms with E-state index in [9.17, 15) is 4.79 Å². The molecule has 0 bridgehead atoms. The molecule has 2 aromatic rings. The number of hydrogen-bond acceptors (Lipinski definition) is 5. The molecule has 1 aliphatic rings. The zero-order valence-electron chi connectivity index (χ0n) is 12.1. The maximum absolute atomic E-state index is 12.6. The van der Waals surface area contributed by atoms with E-state index in [1.807, 2.05) is 25.1 Å². The molecule has 6 heteroatoms. The first-order valence-electron chi connectivity index (χ1n) is 6.98. The summed E-state index contributed by atoms with van der Waals surface area (Å²) in [7, 11) is 2.05. The number of benzene rings is 1. The molecule has 1 N–H and O–H groups in total. The smallest absolute Gasteiger partial charge is 0.231 e. The Morgan fingerprint density at radius 2 is 2.05 bits per heavy atom. The van der Waals surface area contributed by atoms with Crippen LogP contribution in [0.1, 0.15) is 16.5 Å². The lowest BCUT2D eigenvalue weighted by molar-refractivity contribution is -0.119. The molecule has 1 fully saturated rings. The number of aromatic nitrogens is 2. The number of anilines is 1. The van der Waals surface area contributed by atoms with Crippen molar-refractivity contribution < 1.29 is 4.79 Å². The van der Waals surface area contributed by atoms with Crippen LogP contribution in [-0.4, -0.2) is 41.1 Å². The van der Waals surface area contributed by atoms with Gasteiger partial charge in [-0.15, -0.1) is 10.2 Å². The van der Waals surface area contributed by atoms with E-state index in [4.69, 9.17) is 0 Å². The minimum absolute atomic E-state index is 0.0318. The third kappa shape index (κ3) is 3.11. The SMILES string of the molecule is Cc1nnc(NC(=O)[C@@H]2CN(C)C[C@H]2c2ccccc2)s1. The maximum Gasteiger partial charge on any atom is 0.231 e. The number of amides is 1. The van der Waals surface area contributed by atoms with E-state index in [0.29, 0.717) is 5.13 Å². The van der Waals surface area contributed by atoms with Crippen LogP contribution in [0.2, 0.25) is 0 Å². The van der Waals surface area contributed by atoms with E-state index < -0.39 is 0 Å². The highest BCUT2D eigenvalue weighted by Gasteiger charge is 2.37. The highest BCUT2D eigenvalue weighted by atomic mass is 32.1. The number of likely N-dealkylation sites (N-methyl/N-ethyl adjacent to an activating group) is 1. The van der Waals surface area contributed by atoms with Gasteiger partial charge >= 0.3 is 0 Å². The molecule has 3 rings (SSSR count). The summed E-state index contributed by atoms with van der Waals surface area (Å²) < 4.78 is 0. The first-order chi connectivity index (χ1) is 10.1. The molecule has 1 aliphatic heterocycles. The lowest BCUT2D eigenvalue weighted by Gasteiger charge is -2.17. The summed E-state index contributed by atoms with van der Waals surface area (Å²) in [5.41, 5.74) is 1.22. The Labute approximate surface area is 128 Å². The minimum Gasteiger partial charge on any atom is -0.305 e. The molecular weight excluding hydrogens is 284 g/mol. The lowest BCUT2D eigenvalue weighted by Crippen LogP contribution is -2.28. The molecule has 1 aromatic heterocycles. The molecule has 110 valence electrons. The number of rotatable bonds is 3. The molecule has 21 heavy (non-hydrogen) atoms. The summed E-state index contributed by atoms with van der Waals surface area (Å²) in [5.74, 6) is 0.205. The molecule has 1 amide bonds. The fourth-order valence-corrected chi connectivity index (χ4v) is 3.44. The van der Waals surface area contributed by atoms with E-state index in [1.165, 1.54) is 16.9 Å². The monoisotopic (exact) mass is 302 g/mol. The number of aryl methyl sites for hydroxylation is 1. The normalized spacial score (nSPS) is 22.4. The van der Waals surface area contributed by atoms with Crippen LogP contribution in [0.15, 0.2) is 30.3 Å². The topological polar surface area (TPSA) is 58.1 Å². The number of carbonyl (C=O) groups is 1. The van der Waals surface area contributed by atoms with Crippen LogP contribution in [0.5, 0.6) is 0 Å². The van der Waals surface area contributed by atoms with Crippen LogP contribution in [0, 0.1) is 12.8 Å². The molecule has 2 heterocycles. The molecule has 0 spiro atoms. The van der Waals surface area contributed by atoms with Crippen molar-refractivity contribution in [2.75, 3.05) is 25.5 Å². The summed E-state index contributed by atoms with van der Waals surface area (Å²) in [4.78, 5) is 14.8. The van der Waals surface area contributed by atoms with Gasteiger partial charge in [-0.3, -0.25) is 4.79 Å². The second-order valence-electron chi connectivity index (χ2n) is 5.46. The zero-order chi connectivity index (χ0) is 14.8. The molecule has 1 aromatic carbocycles. The largest absolute Gasteiger partial charge is 0.305 e. The Kier molecular flexibility index (Phi) is 3.98. The van der Waals surface area contributed by atoms with E-state index in [0.717, 1.165) is 18.1 Å². The van der Waals surface area contributed by atoms with Crippen LogP contribution in [0.4, 0.5) is 5.13 Å². The third-order valence-corrected chi connectivity index (χ3v) is 4.58. The number of hydrogen-bond donors (Lipinski definition) is 1. The first-order valence-corrected chi connectivity index (χ1v) is 7.79. The van der Waals surface area contributed by atoms with Gasteiger partial charge in [-0.05, 0) is 19.5 Å². The van der Waals surface area contributed by atoms with Crippen molar-refractivity contribution in [2.45, 2.75) is 12.8 Å². The Hall–Kier alpha value is -1.79. The summed E-state index contributed by atoms with van der Waals surface area (Å²) in [6.45, 7) is 3.55. The van der Waals surface area contributed by atoms with E-state index in [-0.39, 0.29) is 17.7 Å². The average Bonchev–Trinajstić information content (AvgIpc) is 3.06. The standard InChI is InChI=1S/C15H18N4OS/c1-10-17-18-15(21-10)16-14(20)13-9-19(2)8-12(13)11-6-4-3-5-7-11/h3-7,12-13H,8-9H2,1-2H3,(H,16,18,20)/t12-,13+/m0/s1. The van der Waals surface area contributed by atoms with Crippen LogP contribution in [0.3, 0.4) is 0 Å². The quantitative estimate of drug-likeness (QED) is 0.943. The van der Waals surface area contributed by atoms with Gasteiger partial charge in [-0.25, -0.2) is 0 Å². The van der Waals surface area contributed by atoms with Crippen LogP contribution in [-0.2, 0) is 4.79 Å². The molecule has 2 atom stereocenters. The van der Waals surface area contributed by atoms with Crippen molar-refractivity contribution in [2.24, 2.45) is 5.92 Å². The van der Waals surface area contributed by atoms with E-state index >= 15 is 0 Å². The van der Waals surface area contributed by atoms with Gasteiger partial charge in [0.05, 0.1) is 5.92 Å². The molecule has 0 unspecified atom stereocenters. The molecule has 0 saturated carbocycles.